The first-order valence-corrected chi connectivity index (χ1v) is 8.63. The first kappa shape index (κ1) is 14.2. The van der Waals surface area contributed by atoms with Crippen LogP contribution in [0.15, 0.2) is 6.07 Å². The van der Waals surface area contributed by atoms with Gasteiger partial charge in [0, 0.05) is 47.2 Å². The standard InChI is InChI=1S/C12H22N4S2/c1-3-16-10(6-9(2)15-16)7-11(14-13)12-8-17-4-5-18-12/h6,11-12,14H,3-5,7-8,13H2,1-2H3. The number of thioether (sulfide) groups is 2. The molecular formula is C12H22N4S2. The van der Waals surface area contributed by atoms with Crippen LogP contribution in [0.3, 0.4) is 0 Å². The largest absolute Gasteiger partial charge is 0.271 e. The van der Waals surface area contributed by atoms with Crippen molar-refractivity contribution in [1.82, 2.24) is 15.2 Å². The van der Waals surface area contributed by atoms with Crippen LogP contribution >= 0.6 is 23.5 Å². The van der Waals surface area contributed by atoms with Crippen molar-refractivity contribution in [3.8, 4) is 0 Å². The maximum Gasteiger partial charge on any atom is 0.0596 e. The van der Waals surface area contributed by atoms with Gasteiger partial charge in [-0.3, -0.25) is 16.0 Å². The van der Waals surface area contributed by atoms with Gasteiger partial charge in [0.25, 0.3) is 0 Å². The van der Waals surface area contributed by atoms with Crippen molar-refractivity contribution in [2.45, 2.75) is 38.1 Å². The zero-order valence-electron chi connectivity index (χ0n) is 11.1. The molecule has 2 unspecified atom stereocenters. The molecule has 0 amide bonds. The number of hydrazine groups is 1. The van der Waals surface area contributed by atoms with Gasteiger partial charge in [0.2, 0.25) is 0 Å². The van der Waals surface area contributed by atoms with E-state index in [1.165, 1.54) is 23.0 Å². The molecule has 2 rings (SSSR count). The number of hydrogen-bond acceptors (Lipinski definition) is 5. The van der Waals surface area contributed by atoms with E-state index >= 15 is 0 Å². The third kappa shape index (κ3) is 3.44. The third-order valence-corrected chi connectivity index (χ3v) is 6.14. The van der Waals surface area contributed by atoms with Crippen molar-refractivity contribution in [2.75, 3.05) is 17.3 Å². The predicted octanol–water partition coefficient (Wildman–Crippen LogP) is 1.43. The van der Waals surface area contributed by atoms with E-state index in [0.29, 0.717) is 11.3 Å². The van der Waals surface area contributed by atoms with E-state index in [2.05, 4.69) is 28.2 Å². The highest BCUT2D eigenvalue weighted by Gasteiger charge is 2.25. The van der Waals surface area contributed by atoms with Crippen molar-refractivity contribution in [3.05, 3.63) is 17.5 Å². The monoisotopic (exact) mass is 286 g/mol. The molecule has 0 aliphatic carbocycles. The Bertz CT molecular complexity index is 374. The fourth-order valence-corrected chi connectivity index (χ4v) is 5.17. The molecule has 1 aliphatic rings. The quantitative estimate of drug-likeness (QED) is 0.633. The molecule has 2 heterocycles. The Balaban J connectivity index is 2.04. The Hall–Kier alpha value is -0.170. The first-order chi connectivity index (χ1) is 8.74. The van der Waals surface area contributed by atoms with E-state index < -0.39 is 0 Å². The van der Waals surface area contributed by atoms with Gasteiger partial charge in [-0.1, -0.05) is 0 Å². The van der Waals surface area contributed by atoms with Crippen LogP contribution in [-0.4, -0.2) is 38.3 Å². The lowest BCUT2D eigenvalue weighted by Crippen LogP contribution is -2.46. The molecule has 3 N–H and O–H groups in total. The van der Waals surface area contributed by atoms with E-state index in [0.717, 1.165) is 18.7 Å². The van der Waals surface area contributed by atoms with Gasteiger partial charge in [-0.2, -0.15) is 28.6 Å². The summed E-state index contributed by atoms with van der Waals surface area (Å²) in [4.78, 5) is 0. The average Bonchev–Trinajstić information content (AvgIpc) is 2.77. The number of nitrogens with zero attached hydrogens (tertiary/aromatic N) is 2. The van der Waals surface area contributed by atoms with Gasteiger partial charge in [0.1, 0.15) is 0 Å². The summed E-state index contributed by atoms with van der Waals surface area (Å²) in [5, 5.41) is 5.10. The second-order valence-corrected chi connectivity index (χ2v) is 7.05. The molecule has 0 bridgehead atoms. The molecule has 0 saturated carbocycles. The Labute approximate surface area is 117 Å². The Kier molecular flexibility index (Phi) is 5.41. The lowest BCUT2D eigenvalue weighted by atomic mass is 10.1. The summed E-state index contributed by atoms with van der Waals surface area (Å²) in [5.41, 5.74) is 5.38. The van der Waals surface area contributed by atoms with Crippen LogP contribution in [0.25, 0.3) is 0 Å². The van der Waals surface area contributed by atoms with E-state index in [1.54, 1.807) is 0 Å². The van der Waals surface area contributed by atoms with Gasteiger partial charge in [-0.05, 0) is 19.9 Å². The lowest BCUT2D eigenvalue weighted by Gasteiger charge is -2.29. The summed E-state index contributed by atoms with van der Waals surface area (Å²) >= 11 is 4.08. The average molecular weight is 286 g/mol. The van der Waals surface area contributed by atoms with E-state index in [9.17, 15) is 0 Å². The van der Waals surface area contributed by atoms with Gasteiger partial charge in [0.05, 0.1) is 5.69 Å². The number of aromatic nitrogens is 2. The number of rotatable bonds is 5. The summed E-state index contributed by atoms with van der Waals surface area (Å²) < 4.78 is 2.08. The fraction of sp³-hybridized carbons (Fsp3) is 0.750. The summed E-state index contributed by atoms with van der Waals surface area (Å²) in [7, 11) is 0. The maximum absolute atomic E-state index is 5.75. The molecular weight excluding hydrogens is 264 g/mol. The molecule has 102 valence electrons. The van der Waals surface area contributed by atoms with E-state index in [-0.39, 0.29) is 0 Å². The molecule has 0 radical (unpaired) electrons. The topological polar surface area (TPSA) is 55.9 Å². The number of nitrogens with two attached hydrogens (primary N) is 1. The van der Waals surface area contributed by atoms with Crippen molar-refractivity contribution in [3.63, 3.8) is 0 Å². The third-order valence-electron chi connectivity index (χ3n) is 3.22. The lowest BCUT2D eigenvalue weighted by molar-refractivity contribution is 0.497. The van der Waals surface area contributed by atoms with Crippen molar-refractivity contribution >= 4 is 23.5 Å². The second kappa shape index (κ2) is 6.84. The minimum atomic E-state index is 0.337. The summed E-state index contributed by atoms with van der Waals surface area (Å²) in [5.74, 6) is 9.44. The summed E-state index contributed by atoms with van der Waals surface area (Å²) in [6, 6.07) is 2.51. The number of aryl methyl sites for hydroxylation is 2. The van der Waals surface area contributed by atoms with Gasteiger partial charge in [0.15, 0.2) is 0 Å². The number of hydrogen-bond donors (Lipinski definition) is 2. The minimum absolute atomic E-state index is 0.337. The smallest absolute Gasteiger partial charge is 0.0596 e. The second-order valence-electron chi connectivity index (χ2n) is 4.55. The highest BCUT2D eigenvalue weighted by Crippen LogP contribution is 2.27. The molecule has 0 spiro atoms. The molecule has 4 nitrogen and oxygen atoms in total. The highest BCUT2D eigenvalue weighted by atomic mass is 32.2. The molecule has 0 aromatic carbocycles. The molecule has 1 saturated heterocycles. The van der Waals surface area contributed by atoms with Crippen LogP contribution in [-0.2, 0) is 13.0 Å². The van der Waals surface area contributed by atoms with Crippen LogP contribution in [0.5, 0.6) is 0 Å². The fourth-order valence-electron chi connectivity index (χ4n) is 2.30. The zero-order valence-corrected chi connectivity index (χ0v) is 12.7. The number of nitrogens with one attached hydrogen (secondary N) is 1. The minimum Gasteiger partial charge on any atom is -0.271 e. The van der Waals surface area contributed by atoms with Gasteiger partial charge >= 0.3 is 0 Å². The Morgan fingerprint density at radius 1 is 1.61 bits per heavy atom. The van der Waals surface area contributed by atoms with Crippen LogP contribution in [0.2, 0.25) is 0 Å². The molecule has 1 aromatic heterocycles. The van der Waals surface area contributed by atoms with Crippen molar-refractivity contribution in [2.24, 2.45) is 5.84 Å². The molecule has 2 atom stereocenters. The highest BCUT2D eigenvalue weighted by molar-refractivity contribution is 8.06. The first-order valence-electron chi connectivity index (χ1n) is 6.43. The van der Waals surface area contributed by atoms with E-state index in [4.69, 9.17) is 5.84 Å². The molecule has 6 heteroatoms. The zero-order chi connectivity index (χ0) is 13.0. The van der Waals surface area contributed by atoms with Gasteiger partial charge in [-0.25, -0.2) is 0 Å². The Morgan fingerprint density at radius 2 is 2.44 bits per heavy atom. The molecule has 1 aliphatic heterocycles. The molecule has 1 fully saturated rings. The predicted molar refractivity (Wildman–Crippen MR) is 81.0 cm³/mol. The summed E-state index contributed by atoms with van der Waals surface area (Å²) in [6.07, 6.45) is 0.962. The molecule has 1 aromatic rings. The van der Waals surface area contributed by atoms with Crippen LogP contribution in [0.4, 0.5) is 0 Å². The Morgan fingerprint density at radius 3 is 3.06 bits per heavy atom. The van der Waals surface area contributed by atoms with Crippen molar-refractivity contribution < 1.29 is 0 Å². The molecule has 18 heavy (non-hydrogen) atoms. The van der Waals surface area contributed by atoms with Gasteiger partial charge < -0.3 is 0 Å². The van der Waals surface area contributed by atoms with Crippen LogP contribution in [0, 0.1) is 6.92 Å². The van der Waals surface area contributed by atoms with Crippen molar-refractivity contribution in [1.29, 1.82) is 0 Å². The van der Waals surface area contributed by atoms with E-state index in [1.807, 2.05) is 30.4 Å². The van der Waals surface area contributed by atoms with Gasteiger partial charge in [-0.15, -0.1) is 0 Å². The SMILES string of the molecule is CCn1nc(C)cc1CC(NN)C1CSCCS1. The maximum atomic E-state index is 5.75. The van der Waals surface area contributed by atoms with Crippen LogP contribution in [0.1, 0.15) is 18.3 Å². The van der Waals surface area contributed by atoms with Crippen LogP contribution < -0.4 is 11.3 Å². The normalized spacial score (nSPS) is 22.1. The summed E-state index contributed by atoms with van der Waals surface area (Å²) in [6.45, 7) is 5.10.